The van der Waals surface area contributed by atoms with Gasteiger partial charge in [0, 0.05) is 0 Å². The van der Waals surface area contributed by atoms with Crippen molar-refractivity contribution in [2.75, 3.05) is 6.61 Å². The van der Waals surface area contributed by atoms with Crippen LogP contribution in [-0.2, 0) is 11.3 Å². The summed E-state index contributed by atoms with van der Waals surface area (Å²) in [5.74, 6) is -0.109. The zero-order chi connectivity index (χ0) is 15.1. The van der Waals surface area contributed by atoms with Crippen molar-refractivity contribution >= 4 is 5.97 Å². The van der Waals surface area contributed by atoms with Gasteiger partial charge in [0.25, 0.3) is 0 Å². The number of benzene rings is 2. The molecule has 0 radical (unpaired) electrons. The van der Waals surface area contributed by atoms with Gasteiger partial charge in [0.2, 0.25) is 0 Å². The fourth-order valence-corrected chi connectivity index (χ4v) is 1.70. The maximum Gasteiger partial charge on any atom is 0.338 e. The molecule has 4 heteroatoms. The lowest BCUT2D eigenvalue weighted by atomic mass is 10.2. The van der Waals surface area contributed by atoms with E-state index >= 15 is 0 Å². The second-order valence-corrected chi connectivity index (χ2v) is 4.33. The van der Waals surface area contributed by atoms with Crippen LogP contribution >= 0.6 is 0 Å². The molecule has 0 saturated carbocycles. The molecule has 0 bridgehead atoms. The van der Waals surface area contributed by atoms with Crippen molar-refractivity contribution in [3.05, 3.63) is 78.1 Å². The number of rotatable bonds is 6. The first-order valence-electron chi connectivity index (χ1n) is 6.44. The molecule has 0 aliphatic rings. The Kier molecular flexibility index (Phi) is 5.10. The van der Waals surface area contributed by atoms with E-state index in [0.29, 0.717) is 11.3 Å². The second-order valence-electron chi connectivity index (χ2n) is 4.33. The largest absolute Gasteiger partial charge is 0.489 e. The predicted octanol–water partition coefficient (Wildman–Crippen LogP) is 3.75. The van der Waals surface area contributed by atoms with Crippen LogP contribution < -0.4 is 4.74 Å². The molecule has 0 spiro atoms. The molecule has 0 amide bonds. The van der Waals surface area contributed by atoms with Crippen molar-refractivity contribution in [1.82, 2.24) is 0 Å². The van der Waals surface area contributed by atoms with Crippen molar-refractivity contribution in [2.24, 2.45) is 0 Å². The highest BCUT2D eigenvalue weighted by Gasteiger charge is 2.06. The van der Waals surface area contributed by atoms with E-state index in [1.807, 2.05) is 0 Å². The third kappa shape index (κ3) is 4.45. The quantitative estimate of drug-likeness (QED) is 0.599. The zero-order valence-electron chi connectivity index (χ0n) is 11.4. The number of carbonyl (C=O) groups is 1. The summed E-state index contributed by atoms with van der Waals surface area (Å²) in [6.07, 6.45) is 1.51. The van der Waals surface area contributed by atoms with Crippen LogP contribution in [-0.4, -0.2) is 12.6 Å². The van der Waals surface area contributed by atoms with Crippen molar-refractivity contribution in [1.29, 1.82) is 0 Å². The van der Waals surface area contributed by atoms with Crippen molar-refractivity contribution in [3.63, 3.8) is 0 Å². The average Bonchev–Trinajstić information content (AvgIpc) is 2.51. The molecule has 2 aromatic rings. The molecule has 108 valence electrons. The first-order valence-corrected chi connectivity index (χ1v) is 6.44. The molecular formula is C17H15FO3. The fraction of sp³-hybridized carbons (Fsp3) is 0.118. The lowest BCUT2D eigenvalue weighted by Crippen LogP contribution is -2.04. The van der Waals surface area contributed by atoms with E-state index in [-0.39, 0.29) is 19.0 Å². The maximum absolute atomic E-state index is 13.0. The fourth-order valence-electron chi connectivity index (χ4n) is 1.70. The molecule has 0 aliphatic heterocycles. The number of esters is 1. The van der Waals surface area contributed by atoms with Crippen LogP contribution in [0.4, 0.5) is 4.39 Å². The molecule has 2 aromatic carbocycles. The Hall–Kier alpha value is -2.62. The standard InChI is InChI=1S/C17H15FO3/c1-2-10-20-17(19)14-6-8-16(9-7-14)21-12-13-4-3-5-15(18)11-13/h2-9,11H,1,10,12H2. The second kappa shape index (κ2) is 7.24. The van der Waals surface area contributed by atoms with Crippen LogP contribution in [0.15, 0.2) is 61.2 Å². The summed E-state index contributed by atoms with van der Waals surface area (Å²) in [6, 6.07) is 12.8. The van der Waals surface area contributed by atoms with E-state index in [4.69, 9.17) is 9.47 Å². The van der Waals surface area contributed by atoms with E-state index in [2.05, 4.69) is 6.58 Å². The van der Waals surface area contributed by atoms with Gasteiger partial charge in [-0.25, -0.2) is 9.18 Å². The van der Waals surface area contributed by atoms with Gasteiger partial charge < -0.3 is 9.47 Å². The van der Waals surface area contributed by atoms with Crippen LogP contribution in [0.1, 0.15) is 15.9 Å². The maximum atomic E-state index is 13.0. The number of hydrogen-bond donors (Lipinski definition) is 0. The molecule has 0 unspecified atom stereocenters. The molecular weight excluding hydrogens is 271 g/mol. The SMILES string of the molecule is C=CCOC(=O)c1ccc(OCc2cccc(F)c2)cc1. The van der Waals surface area contributed by atoms with E-state index in [9.17, 15) is 9.18 Å². The first-order chi connectivity index (χ1) is 10.2. The van der Waals surface area contributed by atoms with Gasteiger partial charge in [0.15, 0.2) is 0 Å². The zero-order valence-corrected chi connectivity index (χ0v) is 11.4. The van der Waals surface area contributed by atoms with Crippen LogP contribution in [0.2, 0.25) is 0 Å². The topological polar surface area (TPSA) is 35.5 Å². The molecule has 21 heavy (non-hydrogen) atoms. The average molecular weight is 286 g/mol. The van der Waals surface area contributed by atoms with Gasteiger partial charge in [0.1, 0.15) is 24.8 Å². The summed E-state index contributed by atoms with van der Waals surface area (Å²) in [5, 5.41) is 0. The lowest BCUT2D eigenvalue weighted by molar-refractivity contribution is 0.0549. The van der Waals surface area contributed by atoms with Crippen molar-refractivity contribution < 1.29 is 18.7 Å². The number of hydrogen-bond acceptors (Lipinski definition) is 3. The van der Waals surface area contributed by atoms with E-state index < -0.39 is 5.97 Å². The van der Waals surface area contributed by atoms with Gasteiger partial charge in [-0.1, -0.05) is 24.8 Å². The normalized spacial score (nSPS) is 9.95. The summed E-state index contributed by atoms with van der Waals surface area (Å²) < 4.78 is 23.5. The summed E-state index contributed by atoms with van der Waals surface area (Å²) in [7, 11) is 0. The molecule has 3 nitrogen and oxygen atoms in total. The van der Waals surface area contributed by atoms with Gasteiger partial charge in [-0.2, -0.15) is 0 Å². The minimum atomic E-state index is -0.411. The van der Waals surface area contributed by atoms with Gasteiger partial charge in [-0.15, -0.1) is 0 Å². The van der Waals surface area contributed by atoms with E-state index in [1.54, 1.807) is 36.4 Å². The Morgan fingerprint density at radius 2 is 1.95 bits per heavy atom. The minimum Gasteiger partial charge on any atom is -0.489 e. The molecule has 0 aliphatic carbocycles. The number of ether oxygens (including phenoxy) is 2. The molecule has 2 rings (SSSR count). The molecule has 0 saturated heterocycles. The monoisotopic (exact) mass is 286 g/mol. The van der Waals surface area contributed by atoms with Crippen LogP contribution in [0.25, 0.3) is 0 Å². The summed E-state index contributed by atoms with van der Waals surface area (Å²) in [5.41, 5.74) is 1.18. The molecule has 0 fully saturated rings. The van der Waals surface area contributed by atoms with Gasteiger partial charge >= 0.3 is 5.97 Å². The smallest absolute Gasteiger partial charge is 0.338 e. The van der Waals surface area contributed by atoms with E-state index in [0.717, 1.165) is 5.56 Å². The van der Waals surface area contributed by atoms with Crippen molar-refractivity contribution in [2.45, 2.75) is 6.61 Å². The Balaban J connectivity index is 1.93. The van der Waals surface area contributed by atoms with Crippen molar-refractivity contribution in [3.8, 4) is 5.75 Å². The Morgan fingerprint density at radius 3 is 2.62 bits per heavy atom. The van der Waals surface area contributed by atoms with Crippen LogP contribution in [0, 0.1) is 5.82 Å². The Morgan fingerprint density at radius 1 is 1.19 bits per heavy atom. The summed E-state index contributed by atoms with van der Waals surface area (Å²) in [4.78, 5) is 11.6. The molecule has 0 heterocycles. The molecule has 0 N–H and O–H groups in total. The molecule has 0 atom stereocenters. The number of carbonyl (C=O) groups excluding carboxylic acids is 1. The van der Waals surface area contributed by atoms with Gasteiger partial charge in [-0.3, -0.25) is 0 Å². The molecule has 0 aromatic heterocycles. The minimum absolute atomic E-state index is 0.177. The third-order valence-electron chi connectivity index (χ3n) is 2.72. The van der Waals surface area contributed by atoms with Gasteiger partial charge in [-0.05, 0) is 42.0 Å². The lowest BCUT2D eigenvalue weighted by Gasteiger charge is -2.07. The highest BCUT2D eigenvalue weighted by molar-refractivity contribution is 5.89. The summed E-state index contributed by atoms with van der Waals surface area (Å²) >= 11 is 0. The van der Waals surface area contributed by atoms with E-state index in [1.165, 1.54) is 18.2 Å². The highest BCUT2D eigenvalue weighted by Crippen LogP contribution is 2.15. The van der Waals surface area contributed by atoms with Crippen LogP contribution in [0.5, 0.6) is 5.75 Å². The van der Waals surface area contributed by atoms with Crippen LogP contribution in [0.3, 0.4) is 0 Å². The Labute approximate surface area is 122 Å². The number of halogens is 1. The first kappa shape index (κ1) is 14.8. The summed E-state index contributed by atoms with van der Waals surface area (Å²) in [6.45, 7) is 3.91. The van der Waals surface area contributed by atoms with Gasteiger partial charge in [0.05, 0.1) is 5.56 Å². The Bertz CT molecular complexity index is 620. The highest BCUT2D eigenvalue weighted by atomic mass is 19.1. The predicted molar refractivity (Wildman–Crippen MR) is 77.7 cm³/mol. The third-order valence-corrected chi connectivity index (χ3v) is 2.72.